The van der Waals surface area contributed by atoms with E-state index >= 15 is 0 Å². The minimum absolute atomic E-state index is 0.555. The average molecular weight is 267 g/mol. The second-order valence-corrected chi connectivity index (χ2v) is 4.81. The Bertz CT molecular complexity index is 481. The van der Waals surface area contributed by atoms with Crippen LogP contribution in [0.3, 0.4) is 0 Å². The molecule has 0 spiro atoms. The molecule has 2 heterocycles. The van der Waals surface area contributed by atoms with E-state index in [1.165, 1.54) is 11.3 Å². The molecule has 98 valence electrons. The molecule has 7 heteroatoms. The Balaban J connectivity index is 1.93. The summed E-state index contributed by atoms with van der Waals surface area (Å²) < 4.78 is 7.46. The molecule has 0 bridgehead atoms. The van der Waals surface area contributed by atoms with Gasteiger partial charge in [0.25, 0.3) is 5.19 Å². The number of nitrogens with zero attached hydrogens (tertiary/aromatic N) is 4. The molecule has 0 radical (unpaired) electrons. The summed E-state index contributed by atoms with van der Waals surface area (Å²) in [5, 5.41) is 16.9. The van der Waals surface area contributed by atoms with Crippen molar-refractivity contribution in [2.75, 3.05) is 6.54 Å². The quantitative estimate of drug-likeness (QED) is 0.831. The third-order valence-electron chi connectivity index (χ3n) is 2.24. The molecule has 0 fully saturated rings. The predicted molar refractivity (Wildman–Crippen MR) is 69.9 cm³/mol. The first-order valence-electron chi connectivity index (χ1n) is 6.05. The van der Waals surface area contributed by atoms with Gasteiger partial charge >= 0.3 is 0 Å². The van der Waals surface area contributed by atoms with Crippen molar-refractivity contribution >= 4 is 11.3 Å². The molecule has 18 heavy (non-hydrogen) atoms. The normalized spacial score (nSPS) is 10.8. The third-order valence-corrected chi connectivity index (χ3v) is 3.04. The van der Waals surface area contributed by atoms with Crippen molar-refractivity contribution < 1.29 is 4.74 Å². The van der Waals surface area contributed by atoms with Gasteiger partial charge in [0.2, 0.25) is 0 Å². The van der Waals surface area contributed by atoms with Gasteiger partial charge in [0.15, 0.2) is 5.75 Å². The Morgan fingerprint density at radius 3 is 3.06 bits per heavy atom. The monoisotopic (exact) mass is 267 g/mol. The summed E-state index contributed by atoms with van der Waals surface area (Å²) in [5.41, 5.74) is 0. The summed E-state index contributed by atoms with van der Waals surface area (Å²) in [6.07, 6.45) is 4.61. The SMILES string of the molecule is CCCn1cc(Oc2nnc(CNCC)s2)cn1. The second-order valence-electron chi connectivity index (χ2n) is 3.78. The number of aromatic nitrogens is 4. The van der Waals surface area contributed by atoms with Crippen LogP contribution in [0.1, 0.15) is 25.3 Å². The van der Waals surface area contributed by atoms with Crippen LogP contribution in [0.2, 0.25) is 0 Å². The zero-order valence-corrected chi connectivity index (χ0v) is 11.4. The fraction of sp³-hybridized carbons (Fsp3) is 0.545. The number of nitrogens with one attached hydrogen (secondary N) is 1. The standard InChI is InChI=1S/C11H17N5OS/c1-3-5-16-8-9(6-13-16)17-11-15-14-10(18-11)7-12-4-2/h6,8,12H,3-5,7H2,1-2H3. The minimum Gasteiger partial charge on any atom is -0.426 e. The van der Waals surface area contributed by atoms with Crippen molar-refractivity contribution in [3.63, 3.8) is 0 Å². The van der Waals surface area contributed by atoms with Crippen LogP contribution in [0.15, 0.2) is 12.4 Å². The molecule has 0 aliphatic rings. The van der Waals surface area contributed by atoms with Crippen molar-refractivity contribution in [2.24, 2.45) is 0 Å². The van der Waals surface area contributed by atoms with Crippen molar-refractivity contribution in [3.05, 3.63) is 17.4 Å². The summed E-state index contributed by atoms with van der Waals surface area (Å²) in [6.45, 7) is 6.71. The van der Waals surface area contributed by atoms with Gasteiger partial charge in [-0.3, -0.25) is 4.68 Å². The van der Waals surface area contributed by atoms with Crippen LogP contribution in [-0.4, -0.2) is 26.5 Å². The van der Waals surface area contributed by atoms with Gasteiger partial charge in [-0.25, -0.2) is 0 Å². The summed E-state index contributed by atoms with van der Waals surface area (Å²) in [5.74, 6) is 0.703. The van der Waals surface area contributed by atoms with Gasteiger partial charge in [0, 0.05) is 13.1 Å². The van der Waals surface area contributed by atoms with Crippen LogP contribution in [0.5, 0.6) is 10.9 Å². The van der Waals surface area contributed by atoms with E-state index in [0.717, 1.165) is 31.1 Å². The molecule has 2 aromatic heterocycles. The molecule has 2 rings (SSSR count). The highest BCUT2D eigenvalue weighted by Gasteiger charge is 2.07. The molecule has 2 aromatic rings. The molecule has 0 atom stereocenters. The zero-order valence-electron chi connectivity index (χ0n) is 10.6. The minimum atomic E-state index is 0.555. The summed E-state index contributed by atoms with van der Waals surface area (Å²) in [6, 6.07) is 0. The van der Waals surface area contributed by atoms with E-state index in [0.29, 0.717) is 10.9 Å². The lowest BCUT2D eigenvalue weighted by Crippen LogP contribution is -2.11. The molecule has 0 saturated carbocycles. The highest BCUT2D eigenvalue weighted by molar-refractivity contribution is 7.13. The smallest absolute Gasteiger partial charge is 0.299 e. The molecule has 0 amide bonds. The molecule has 0 unspecified atom stereocenters. The van der Waals surface area contributed by atoms with Gasteiger partial charge in [-0.2, -0.15) is 5.10 Å². The number of aryl methyl sites for hydroxylation is 1. The first-order valence-corrected chi connectivity index (χ1v) is 6.87. The van der Waals surface area contributed by atoms with E-state index in [-0.39, 0.29) is 0 Å². The highest BCUT2D eigenvalue weighted by Crippen LogP contribution is 2.24. The van der Waals surface area contributed by atoms with Crippen LogP contribution < -0.4 is 10.1 Å². The molecular weight excluding hydrogens is 250 g/mol. The van der Waals surface area contributed by atoms with Gasteiger partial charge in [-0.1, -0.05) is 30.3 Å². The average Bonchev–Trinajstić information content (AvgIpc) is 2.98. The van der Waals surface area contributed by atoms with Crippen LogP contribution in [0, 0.1) is 0 Å². The van der Waals surface area contributed by atoms with E-state index in [1.54, 1.807) is 6.20 Å². The molecule has 0 aliphatic carbocycles. The number of ether oxygens (including phenoxy) is 1. The first kappa shape index (κ1) is 13.0. The summed E-state index contributed by atoms with van der Waals surface area (Å²) >= 11 is 1.45. The lowest BCUT2D eigenvalue weighted by Gasteiger charge is -1.96. The summed E-state index contributed by atoms with van der Waals surface area (Å²) in [4.78, 5) is 0. The topological polar surface area (TPSA) is 64.9 Å². The number of hydrogen-bond donors (Lipinski definition) is 1. The maximum Gasteiger partial charge on any atom is 0.299 e. The van der Waals surface area contributed by atoms with E-state index < -0.39 is 0 Å². The maximum atomic E-state index is 5.60. The Morgan fingerprint density at radius 1 is 1.39 bits per heavy atom. The Morgan fingerprint density at radius 2 is 2.28 bits per heavy atom. The maximum absolute atomic E-state index is 5.60. The number of hydrogen-bond acceptors (Lipinski definition) is 6. The van der Waals surface area contributed by atoms with Gasteiger partial charge in [-0.05, 0) is 13.0 Å². The van der Waals surface area contributed by atoms with E-state index in [4.69, 9.17) is 4.74 Å². The Hall–Kier alpha value is -1.47. The van der Waals surface area contributed by atoms with Crippen LogP contribution in [-0.2, 0) is 13.1 Å². The Kier molecular flexibility index (Phi) is 4.66. The van der Waals surface area contributed by atoms with E-state index in [1.807, 2.05) is 10.9 Å². The largest absolute Gasteiger partial charge is 0.426 e. The molecule has 0 aromatic carbocycles. The van der Waals surface area contributed by atoms with Crippen LogP contribution in [0.4, 0.5) is 0 Å². The van der Waals surface area contributed by atoms with Gasteiger partial charge in [0.05, 0.1) is 12.4 Å². The van der Waals surface area contributed by atoms with Crippen molar-refractivity contribution in [1.82, 2.24) is 25.3 Å². The highest BCUT2D eigenvalue weighted by atomic mass is 32.1. The van der Waals surface area contributed by atoms with E-state index in [9.17, 15) is 0 Å². The molecular formula is C11H17N5OS. The van der Waals surface area contributed by atoms with Gasteiger partial charge < -0.3 is 10.1 Å². The summed E-state index contributed by atoms with van der Waals surface area (Å²) in [7, 11) is 0. The molecule has 0 aliphatic heterocycles. The van der Waals surface area contributed by atoms with Crippen molar-refractivity contribution in [3.8, 4) is 10.9 Å². The van der Waals surface area contributed by atoms with Gasteiger partial charge in [-0.15, -0.1) is 5.10 Å². The third kappa shape index (κ3) is 3.51. The lowest BCUT2D eigenvalue weighted by atomic mass is 10.5. The fourth-order valence-corrected chi connectivity index (χ4v) is 2.11. The van der Waals surface area contributed by atoms with E-state index in [2.05, 4.69) is 34.5 Å². The Labute approximate surface area is 110 Å². The molecule has 1 N–H and O–H groups in total. The number of rotatable bonds is 7. The predicted octanol–water partition coefficient (Wildman–Crippen LogP) is 2.05. The molecule has 0 saturated heterocycles. The first-order chi connectivity index (χ1) is 8.81. The lowest BCUT2D eigenvalue weighted by molar-refractivity contribution is 0.471. The van der Waals surface area contributed by atoms with Crippen molar-refractivity contribution in [2.45, 2.75) is 33.4 Å². The van der Waals surface area contributed by atoms with Gasteiger partial charge in [0.1, 0.15) is 5.01 Å². The van der Waals surface area contributed by atoms with Crippen molar-refractivity contribution in [1.29, 1.82) is 0 Å². The fourth-order valence-electron chi connectivity index (χ4n) is 1.43. The zero-order chi connectivity index (χ0) is 12.8. The van der Waals surface area contributed by atoms with Crippen LogP contribution in [0.25, 0.3) is 0 Å². The molecule has 6 nitrogen and oxygen atoms in total. The van der Waals surface area contributed by atoms with Crippen LogP contribution >= 0.6 is 11.3 Å². The second kappa shape index (κ2) is 6.46.